The smallest absolute Gasteiger partial charge is 0.254 e. The van der Waals surface area contributed by atoms with E-state index in [-0.39, 0.29) is 11.8 Å². The van der Waals surface area contributed by atoms with Gasteiger partial charge in [0.2, 0.25) is 5.91 Å². The van der Waals surface area contributed by atoms with Gasteiger partial charge in [-0.15, -0.1) is 0 Å². The van der Waals surface area contributed by atoms with Gasteiger partial charge in [0.05, 0.1) is 11.8 Å². The molecule has 94 valence electrons. The number of hydrogen-bond donors (Lipinski definition) is 2. The molecule has 2 amide bonds. The maximum atomic E-state index is 11.8. The summed E-state index contributed by atoms with van der Waals surface area (Å²) < 4.78 is 4.84. The summed E-state index contributed by atoms with van der Waals surface area (Å²) in [6, 6.07) is 1.60. The van der Waals surface area contributed by atoms with Gasteiger partial charge in [0, 0.05) is 19.0 Å². The van der Waals surface area contributed by atoms with Crippen molar-refractivity contribution < 1.29 is 14.0 Å². The average Bonchev–Trinajstić information content (AvgIpc) is 2.78. The standard InChI is InChI=1S/C12H18N2O3/c1-12(2,6-4-10(15)13-3)14-11(16)9-5-7-17-8-9/h5,7-8H,4,6H2,1-3H3,(H,13,15)(H,14,16). The van der Waals surface area contributed by atoms with Crippen LogP contribution in [-0.2, 0) is 4.79 Å². The van der Waals surface area contributed by atoms with E-state index in [4.69, 9.17) is 4.42 Å². The molecular formula is C12H18N2O3. The average molecular weight is 238 g/mol. The Labute approximate surface area is 101 Å². The van der Waals surface area contributed by atoms with Gasteiger partial charge >= 0.3 is 0 Å². The van der Waals surface area contributed by atoms with Crippen LogP contribution in [0.25, 0.3) is 0 Å². The Morgan fingerprint density at radius 1 is 1.41 bits per heavy atom. The molecule has 0 fully saturated rings. The van der Waals surface area contributed by atoms with Crippen LogP contribution in [0.1, 0.15) is 37.0 Å². The lowest BCUT2D eigenvalue weighted by molar-refractivity contribution is -0.121. The van der Waals surface area contributed by atoms with Gasteiger partial charge in [-0.05, 0) is 26.3 Å². The molecule has 0 bridgehead atoms. The molecule has 1 aromatic rings. The fraction of sp³-hybridized carbons (Fsp3) is 0.500. The quantitative estimate of drug-likeness (QED) is 0.812. The number of carbonyl (C=O) groups excluding carboxylic acids is 2. The number of hydrogen-bond acceptors (Lipinski definition) is 3. The van der Waals surface area contributed by atoms with E-state index >= 15 is 0 Å². The van der Waals surface area contributed by atoms with Gasteiger partial charge in [-0.3, -0.25) is 9.59 Å². The highest BCUT2D eigenvalue weighted by atomic mass is 16.3. The van der Waals surface area contributed by atoms with Gasteiger partial charge in [0.1, 0.15) is 6.26 Å². The summed E-state index contributed by atoms with van der Waals surface area (Å²) in [5, 5.41) is 5.41. The number of furan rings is 1. The normalized spacial score (nSPS) is 11.0. The molecule has 0 saturated heterocycles. The third-order valence-electron chi connectivity index (χ3n) is 2.49. The zero-order valence-corrected chi connectivity index (χ0v) is 10.4. The minimum absolute atomic E-state index is 0.0318. The predicted molar refractivity (Wildman–Crippen MR) is 63.6 cm³/mol. The highest BCUT2D eigenvalue weighted by Crippen LogP contribution is 2.12. The number of rotatable bonds is 5. The van der Waals surface area contributed by atoms with E-state index in [0.29, 0.717) is 18.4 Å². The van der Waals surface area contributed by atoms with Gasteiger partial charge in [-0.1, -0.05) is 0 Å². The lowest BCUT2D eigenvalue weighted by atomic mass is 9.97. The molecule has 0 radical (unpaired) electrons. The van der Waals surface area contributed by atoms with Gasteiger partial charge in [0.25, 0.3) is 5.91 Å². The summed E-state index contributed by atoms with van der Waals surface area (Å²) in [4.78, 5) is 22.9. The van der Waals surface area contributed by atoms with Crippen molar-refractivity contribution in [3.05, 3.63) is 24.2 Å². The molecule has 0 aliphatic rings. The second kappa shape index (κ2) is 5.52. The van der Waals surface area contributed by atoms with Crippen molar-refractivity contribution in [2.24, 2.45) is 0 Å². The molecule has 5 nitrogen and oxygen atoms in total. The Morgan fingerprint density at radius 2 is 2.12 bits per heavy atom. The highest BCUT2D eigenvalue weighted by Gasteiger charge is 2.22. The predicted octanol–water partition coefficient (Wildman–Crippen LogP) is 1.31. The fourth-order valence-corrected chi connectivity index (χ4v) is 1.39. The zero-order valence-electron chi connectivity index (χ0n) is 10.4. The van der Waals surface area contributed by atoms with E-state index in [0.717, 1.165) is 0 Å². The van der Waals surface area contributed by atoms with Crippen LogP contribution < -0.4 is 10.6 Å². The van der Waals surface area contributed by atoms with Gasteiger partial charge in [-0.2, -0.15) is 0 Å². The van der Waals surface area contributed by atoms with Crippen LogP contribution in [0, 0.1) is 0 Å². The van der Waals surface area contributed by atoms with Crippen molar-refractivity contribution in [3.63, 3.8) is 0 Å². The van der Waals surface area contributed by atoms with Crippen LogP contribution in [0.3, 0.4) is 0 Å². The van der Waals surface area contributed by atoms with Crippen LogP contribution in [0.2, 0.25) is 0 Å². The molecule has 0 saturated carbocycles. The number of amides is 2. The van der Waals surface area contributed by atoms with Crippen LogP contribution in [-0.4, -0.2) is 24.4 Å². The number of carbonyl (C=O) groups is 2. The first-order valence-corrected chi connectivity index (χ1v) is 5.50. The summed E-state index contributed by atoms with van der Waals surface area (Å²) in [6.45, 7) is 3.77. The first-order chi connectivity index (χ1) is 7.94. The molecule has 2 N–H and O–H groups in total. The molecule has 0 atom stereocenters. The van der Waals surface area contributed by atoms with Gasteiger partial charge in [-0.25, -0.2) is 0 Å². The lowest BCUT2D eigenvalue weighted by Crippen LogP contribution is -2.44. The maximum Gasteiger partial charge on any atom is 0.254 e. The minimum Gasteiger partial charge on any atom is -0.472 e. The van der Waals surface area contributed by atoms with Crippen molar-refractivity contribution in [2.45, 2.75) is 32.2 Å². The van der Waals surface area contributed by atoms with Gasteiger partial charge < -0.3 is 15.1 Å². The van der Waals surface area contributed by atoms with Crippen molar-refractivity contribution in [1.29, 1.82) is 0 Å². The minimum atomic E-state index is -0.430. The molecule has 0 aliphatic heterocycles. The van der Waals surface area contributed by atoms with E-state index in [1.54, 1.807) is 13.1 Å². The molecule has 17 heavy (non-hydrogen) atoms. The maximum absolute atomic E-state index is 11.8. The van der Waals surface area contributed by atoms with Crippen LogP contribution >= 0.6 is 0 Å². The topological polar surface area (TPSA) is 71.3 Å². The highest BCUT2D eigenvalue weighted by molar-refractivity contribution is 5.94. The van der Waals surface area contributed by atoms with E-state index in [1.165, 1.54) is 12.5 Å². The molecule has 0 aromatic carbocycles. The van der Waals surface area contributed by atoms with Gasteiger partial charge in [0.15, 0.2) is 0 Å². The second-order valence-electron chi connectivity index (χ2n) is 4.52. The fourth-order valence-electron chi connectivity index (χ4n) is 1.39. The third-order valence-corrected chi connectivity index (χ3v) is 2.49. The molecule has 1 rings (SSSR count). The Bertz CT molecular complexity index is 382. The summed E-state index contributed by atoms with van der Waals surface area (Å²) in [5.41, 5.74) is 0.0546. The third kappa shape index (κ3) is 4.30. The van der Waals surface area contributed by atoms with Crippen molar-refractivity contribution in [2.75, 3.05) is 7.05 Å². The molecule has 0 aliphatic carbocycles. The van der Waals surface area contributed by atoms with E-state index in [9.17, 15) is 9.59 Å². The molecule has 0 spiro atoms. The van der Waals surface area contributed by atoms with Crippen LogP contribution in [0.5, 0.6) is 0 Å². The second-order valence-corrected chi connectivity index (χ2v) is 4.52. The molecule has 5 heteroatoms. The monoisotopic (exact) mass is 238 g/mol. The number of nitrogens with one attached hydrogen (secondary N) is 2. The zero-order chi connectivity index (χ0) is 12.9. The SMILES string of the molecule is CNC(=O)CCC(C)(C)NC(=O)c1ccoc1. The lowest BCUT2D eigenvalue weighted by Gasteiger charge is -2.25. The molecule has 1 heterocycles. The van der Waals surface area contributed by atoms with E-state index in [1.807, 2.05) is 13.8 Å². The summed E-state index contributed by atoms with van der Waals surface area (Å²) in [6.07, 6.45) is 3.81. The Hall–Kier alpha value is -1.78. The summed E-state index contributed by atoms with van der Waals surface area (Å²) in [5.74, 6) is -0.226. The Morgan fingerprint density at radius 3 is 2.65 bits per heavy atom. The van der Waals surface area contributed by atoms with Crippen molar-refractivity contribution >= 4 is 11.8 Å². The first kappa shape index (κ1) is 13.3. The van der Waals surface area contributed by atoms with Crippen LogP contribution in [0.15, 0.2) is 23.0 Å². The van der Waals surface area contributed by atoms with Crippen molar-refractivity contribution in [1.82, 2.24) is 10.6 Å². The van der Waals surface area contributed by atoms with Crippen LogP contribution in [0.4, 0.5) is 0 Å². The largest absolute Gasteiger partial charge is 0.472 e. The first-order valence-electron chi connectivity index (χ1n) is 5.50. The Kier molecular flexibility index (Phi) is 4.31. The molecule has 1 aromatic heterocycles. The Balaban J connectivity index is 2.48. The molecule has 0 unspecified atom stereocenters. The van der Waals surface area contributed by atoms with E-state index < -0.39 is 5.54 Å². The molecular weight excluding hydrogens is 220 g/mol. The summed E-state index contributed by atoms with van der Waals surface area (Å²) >= 11 is 0. The van der Waals surface area contributed by atoms with Crippen molar-refractivity contribution in [3.8, 4) is 0 Å². The summed E-state index contributed by atoms with van der Waals surface area (Å²) in [7, 11) is 1.60. The van der Waals surface area contributed by atoms with E-state index in [2.05, 4.69) is 10.6 Å².